The largest absolute Gasteiger partial charge is 0.504 e. The number of nitrogens with zero attached hydrogens (tertiary/aromatic N) is 1. The van der Waals surface area contributed by atoms with E-state index >= 15 is 0 Å². The number of para-hydroxylation sites is 1. The van der Waals surface area contributed by atoms with Crippen molar-refractivity contribution in [2.24, 2.45) is 0 Å². The Hall–Kier alpha value is -3.19. The van der Waals surface area contributed by atoms with Crippen LogP contribution in [-0.2, 0) is 6.54 Å². The number of Topliss-reactive ketones (excluding diaryl/α,β-unsaturated/α-hetero) is 1. The van der Waals surface area contributed by atoms with Crippen LogP contribution in [0.25, 0.3) is 10.9 Å². The summed E-state index contributed by atoms with van der Waals surface area (Å²) in [5, 5.41) is 10.5. The third kappa shape index (κ3) is 2.84. The van der Waals surface area contributed by atoms with Crippen molar-refractivity contribution < 1.29 is 14.6 Å². The number of hydrogen-bond acceptors (Lipinski definition) is 3. The number of phenolic OH excluding ortho intramolecular Hbond substituents is 1. The Morgan fingerprint density at radius 3 is 2.79 bits per heavy atom. The van der Waals surface area contributed by atoms with Gasteiger partial charge in [0.1, 0.15) is 0 Å². The Balaban J connectivity index is 1.97. The zero-order valence-corrected chi connectivity index (χ0v) is 13.5. The molecule has 120 valence electrons. The number of aromatic hydroxyl groups is 1. The van der Waals surface area contributed by atoms with E-state index in [-0.39, 0.29) is 11.5 Å². The summed E-state index contributed by atoms with van der Waals surface area (Å²) in [5.74, 6) is 5.65. The van der Waals surface area contributed by atoms with Crippen LogP contribution in [0.5, 0.6) is 11.5 Å². The van der Waals surface area contributed by atoms with Crippen LogP contribution in [0, 0.1) is 11.8 Å². The molecule has 24 heavy (non-hydrogen) atoms. The third-order valence-corrected chi connectivity index (χ3v) is 3.87. The van der Waals surface area contributed by atoms with Crippen LogP contribution in [0.3, 0.4) is 0 Å². The van der Waals surface area contributed by atoms with E-state index in [0.717, 1.165) is 17.4 Å². The molecular weight excluding hydrogens is 302 g/mol. The number of carbonyl (C=O) groups is 1. The molecule has 2 aromatic carbocycles. The van der Waals surface area contributed by atoms with Crippen molar-refractivity contribution in [3.8, 4) is 23.3 Å². The van der Waals surface area contributed by atoms with Crippen LogP contribution in [0.15, 0.2) is 48.7 Å². The minimum atomic E-state index is -0.231. The van der Waals surface area contributed by atoms with E-state index in [4.69, 9.17) is 4.74 Å². The van der Waals surface area contributed by atoms with Crippen molar-refractivity contribution in [2.45, 2.75) is 13.5 Å². The summed E-state index contributed by atoms with van der Waals surface area (Å²) in [7, 11) is 1.47. The Kier molecular flexibility index (Phi) is 4.26. The number of hydrogen-bond donors (Lipinski definition) is 1. The molecule has 0 amide bonds. The lowest BCUT2D eigenvalue weighted by Gasteiger charge is -2.02. The number of benzene rings is 2. The van der Waals surface area contributed by atoms with Crippen LogP contribution in [0.4, 0.5) is 0 Å². The summed E-state index contributed by atoms with van der Waals surface area (Å²) in [6.45, 7) is 2.82. The number of methoxy groups -OCH3 is 1. The molecule has 3 rings (SSSR count). The van der Waals surface area contributed by atoms with Gasteiger partial charge in [-0.25, -0.2) is 0 Å². The summed E-state index contributed by atoms with van der Waals surface area (Å²) in [5.41, 5.74) is 2.24. The van der Waals surface area contributed by atoms with Gasteiger partial charge in [0.25, 0.3) is 0 Å². The molecule has 0 fully saturated rings. The van der Waals surface area contributed by atoms with Gasteiger partial charge in [-0.2, -0.15) is 0 Å². The predicted octanol–water partition coefficient (Wildman–Crippen LogP) is 3.61. The third-order valence-electron chi connectivity index (χ3n) is 3.87. The highest BCUT2D eigenvalue weighted by atomic mass is 16.5. The lowest BCUT2D eigenvalue weighted by molar-refractivity contribution is 0.105. The van der Waals surface area contributed by atoms with Gasteiger partial charge in [-0.3, -0.25) is 4.79 Å². The first-order chi connectivity index (χ1) is 11.6. The van der Waals surface area contributed by atoms with Gasteiger partial charge in [0.15, 0.2) is 11.5 Å². The van der Waals surface area contributed by atoms with Crippen LogP contribution in [0.2, 0.25) is 0 Å². The summed E-state index contributed by atoms with van der Waals surface area (Å²) < 4.78 is 7.08. The number of aromatic nitrogens is 1. The van der Waals surface area contributed by atoms with Gasteiger partial charge < -0.3 is 14.4 Å². The number of fused-ring (bicyclic) bond motifs is 1. The van der Waals surface area contributed by atoms with Crippen LogP contribution < -0.4 is 4.74 Å². The molecule has 0 aliphatic heterocycles. The highest BCUT2D eigenvalue weighted by Crippen LogP contribution is 2.26. The number of aryl methyl sites for hydroxylation is 1. The molecule has 0 unspecified atom stereocenters. The highest BCUT2D eigenvalue weighted by molar-refractivity contribution is 6.16. The number of carbonyl (C=O) groups excluding carboxylic acids is 1. The average molecular weight is 319 g/mol. The van der Waals surface area contributed by atoms with Crippen LogP contribution in [0.1, 0.15) is 22.8 Å². The minimum Gasteiger partial charge on any atom is -0.504 e. The molecule has 0 atom stereocenters. The first-order valence-electron chi connectivity index (χ1n) is 7.65. The molecule has 0 spiro atoms. The van der Waals surface area contributed by atoms with E-state index in [1.54, 1.807) is 12.1 Å². The van der Waals surface area contributed by atoms with Crippen LogP contribution in [-0.4, -0.2) is 22.6 Å². The lowest BCUT2D eigenvalue weighted by atomic mass is 10.1. The van der Waals surface area contributed by atoms with Crippen molar-refractivity contribution in [1.82, 2.24) is 4.57 Å². The molecule has 0 saturated heterocycles. The topological polar surface area (TPSA) is 51.5 Å². The Labute approximate surface area is 140 Å². The van der Waals surface area contributed by atoms with Crippen molar-refractivity contribution in [3.05, 3.63) is 59.8 Å². The molecule has 1 aromatic heterocycles. The smallest absolute Gasteiger partial charge is 0.238 e. The molecule has 4 heteroatoms. The molecule has 1 N–H and O–H groups in total. The minimum absolute atomic E-state index is 0.0420. The van der Waals surface area contributed by atoms with Crippen LogP contribution >= 0.6 is 0 Å². The number of ketones is 1. The summed E-state index contributed by atoms with van der Waals surface area (Å²) in [6.07, 6.45) is 1.85. The number of phenols is 1. The fourth-order valence-corrected chi connectivity index (χ4v) is 2.64. The monoisotopic (exact) mass is 319 g/mol. The van der Waals surface area contributed by atoms with E-state index in [9.17, 15) is 9.90 Å². The molecule has 0 saturated carbocycles. The van der Waals surface area contributed by atoms with Gasteiger partial charge in [0.2, 0.25) is 5.78 Å². The summed E-state index contributed by atoms with van der Waals surface area (Å²) in [6, 6.07) is 12.5. The molecule has 1 heterocycles. The van der Waals surface area contributed by atoms with Gasteiger partial charge in [0.05, 0.1) is 12.7 Å². The fourth-order valence-electron chi connectivity index (χ4n) is 2.64. The molecular formula is C20H17NO3. The first-order valence-corrected chi connectivity index (χ1v) is 7.65. The van der Waals surface area contributed by atoms with Gasteiger partial charge in [-0.15, -0.1) is 0 Å². The van der Waals surface area contributed by atoms with Gasteiger partial charge in [-0.05, 0) is 37.1 Å². The highest BCUT2D eigenvalue weighted by Gasteiger charge is 2.12. The first kappa shape index (κ1) is 15.7. The second-order valence-corrected chi connectivity index (χ2v) is 5.31. The van der Waals surface area contributed by atoms with Gasteiger partial charge in [0, 0.05) is 29.2 Å². The predicted molar refractivity (Wildman–Crippen MR) is 93.5 cm³/mol. The maximum Gasteiger partial charge on any atom is 0.238 e. The van der Waals surface area contributed by atoms with E-state index in [1.165, 1.54) is 13.2 Å². The van der Waals surface area contributed by atoms with E-state index < -0.39 is 0 Å². The van der Waals surface area contributed by atoms with Gasteiger partial charge in [-0.1, -0.05) is 24.1 Å². The standard InChI is InChI=1S/C20H17NO3/c1-3-21-13-16(15-6-4-5-7-17(15)21)18(22)10-8-14-9-11-19(23)20(12-14)24-2/h4-7,9,11-13,23H,3H2,1-2H3. The van der Waals surface area contributed by atoms with E-state index in [2.05, 4.69) is 11.8 Å². The second kappa shape index (κ2) is 6.51. The number of rotatable bonds is 3. The van der Waals surface area contributed by atoms with Crippen molar-refractivity contribution >= 4 is 16.7 Å². The Bertz CT molecular complexity index is 973. The lowest BCUT2D eigenvalue weighted by Crippen LogP contribution is -1.94. The molecule has 4 nitrogen and oxygen atoms in total. The van der Waals surface area contributed by atoms with E-state index in [1.807, 2.05) is 42.0 Å². The quantitative estimate of drug-likeness (QED) is 0.593. The summed E-state index contributed by atoms with van der Waals surface area (Å²) in [4.78, 5) is 12.5. The maximum atomic E-state index is 12.5. The Morgan fingerprint density at radius 1 is 1.25 bits per heavy atom. The molecule has 0 aliphatic rings. The zero-order chi connectivity index (χ0) is 17.1. The van der Waals surface area contributed by atoms with E-state index in [0.29, 0.717) is 16.9 Å². The van der Waals surface area contributed by atoms with Gasteiger partial charge >= 0.3 is 0 Å². The van der Waals surface area contributed by atoms with Crippen molar-refractivity contribution in [3.63, 3.8) is 0 Å². The molecule has 0 bridgehead atoms. The zero-order valence-electron chi connectivity index (χ0n) is 13.5. The maximum absolute atomic E-state index is 12.5. The fraction of sp³-hybridized carbons (Fsp3) is 0.150. The van der Waals surface area contributed by atoms with Crippen molar-refractivity contribution in [2.75, 3.05) is 7.11 Å². The second-order valence-electron chi connectivity index (χ2n) is 5.31. The molecule has 0 radical (unpaired) electrons. The normalized spacial score (nSPS) is 10.2. The summed E-state index contributed by atoms with van der Waals surface area (Å²) >= 11 is 0. The molecule has 3 aromatic rings. The Morgan fingerprint density at radius 2 is 2.04 bits per heavy atom. The molecule has 0 aliphatic carbocycles. The van der Waals surface area contributed by atoms with Crippen molar-refractivity contribution in [1.29, 1.82) is 0 Å². The number of ether oxygens (including phenoxy) is 1. The average Bonchev–Trinajstić information content (AvgIpc) is 2.99. The SMILES string of the molecule is CCn1cc(C(=O)C#Cc2ccc(O)c(OC)c2)c2ccccc21.